The van der Waals surface area contributed by atoms with E-state index < -0.39 is 17.1 Å². The van der Waals surface area contributed by atoms with Crippen LogP contribution in [0.2, 0.25) is 0 Å². The second kappa shape index (κ2) is 6.43. The summed E-state index contributed by atoms with van der Waals surface area (Å²) < 4.78 is 22.2. The molecule has 0 N–H and O–H groups in total. The monoisotopic (exact) mass is 387 g/mol. The summed E-state index contributed by atoms with van der Waals surface area (Å²) in [4.78, 5) is 26.7. The molecule has 3 aliphatic rings. The average molecular weight is 387 g/mol. The van der Waals surface area contributed by atoms with E-state index in [1.807, 2.05) is 39.0 Å². The van der Waals surface area contributed by atoms with Crippen LogP contribution in [0.1, 0.15) is 39.2 Å². The van der Waals surface area contributed by atoms with E-state index >= 15 is 0 Å². The summed E-state index contributed by atoms with van der Waals surface area (Å²) in [6, 6.07) is 3.53. The van der Waals surface area contributed by atoms with Crippen molar-refractivity contribution in [2.45, 2.75) is 50.7 Å². The van der Waals surface area contributed by atoms with Crippen molar-refractivity contribution in [2.75, 3.05) is 20.4 Å². The van der Waals surface area contributed by atoms with Crippen molar-refractivity contribution in [1.82, 2.24) is 4.90 Å². The van der Waals surface area contributed by atoms with Crippen molar-refractivity contribution >= 4 is 11.9 Å². The molecule has 7 nitrogen and oxygen atoms in total. The van der Waals surface area contributed by atoms with E-state index in [2.05, 4.69) is 0 Å². The van der Waals surface area contributed by atoms with Crippen molar-refractivity contribution in [3.8, 4) is 17.2 Å². The Morgan fingerprint density at radius 3 is 2.79 bits per heavy atom. The van der Waals surface area contributed by atoms with Crippen molar-refractivity contribution in [2.24, 2.45) is 0 Å². The van der Waals surface area contributed by atoms with Crippen LogP contribution in [0.25, 0.3) is 0 Å². The number of allylic oxidation sites excluding steroid dienone is 1. The second-order valence-corrected chi connectivity index (χ2v) is 8.40. The van der Waals surface area contributed by atoms with Gasteiger partial charge in [-0.15, -0.1) is 0 Å². The third kappa shape index (κ3) is 2.99. The van der Waals surface area contributed by atoms with E-state index in [4.69, 9.17) is 18.9 Å². The van der Waals surface area contributed by atoms with Gasteiger partial charge < -0.3 is 23.8 Å². The first-order valence-corrected chi connectivity index (χ1v) is 9.43. The molecular formula is C21H25NO6. The van der Waals surface area contributed by atoms with Gasteiger partial charge in [0.15, 0.2) is 17.3 Å². The molecule has 0 saturated carbocycles. The molecule has 1 aromatic rings. The maximum atomic E-state index is 12.8. The van der Waals surface area contributed by atoms with Crippen molar-refractivity contribution in [3.05, 3.63) is 29.8 Å². The van der Waals surface area contributed by atoms with Crippen LogP contribution in [0.5, 0.6) is 17.2 Å². The average Bonchev–Trinajstić information content (AvgIpc) is 3.24. The molecule has 2 atom stereocenters. The van der Waals surface area contributed by atoms with Crippen molar-refractivity contribution < 1.29 is 28.5 Å². The lowest BCUT2D eigenvalue weighted by atomic mass is 9.69. The van der Waals surface area contributed by atoms with Gasteiger partial charge >= 0.3 is 6.09 Å². The summed E-state index contributed by atoms with van der Waals surface area (Å²) in [5.41, 5.74) is -0.161. The lowest BCUT2D eigenvalue weighted by Crippen LogP contribution is -2.48. The maximum absolute atomic E-state index is 12.8. The minimum atomic E-state index is -0.598. The number of carbonyl (C=O) groups is 2. The number of rotatable bonds is 2. The van der Waals surface area contributed by atoms with Crippen LogP contribution in [0.4, 0.5) is 4.79 Å². The maximum Gasteiger partial charge on any atom is 0.410 e. The van der Waals surface area contributed by atoms with E-state index in [1.54, 1.807) is 18.1 Å². The molecule has 0 unspecified atom stereocenters. The highest BCUT2D eigenvalue weighted by molar-refractivity contribution is 5.92. The SMILES string of the molecule is COc1cc([C@]23C=CC(=O)C[C@H]2N(C(=O)OC(C)(C)C)CC3)cc2c1OCO2. The van der Waals surface area contributed by atoms with Crippen LogP contribution in [-0.2, 0) is 14.9 Å². The van der Waals surface area contributed by atoms with Gasteiger partial charge in [-0.3, -0.25) is 4.79 Å². The zero-order chi connectivity index (χ0) is 20.1. The number of methoxy groups -OCH3 is 1. The van der Waals surface area contributed by atoms with Crippen LogP contribution in [0.15, 0.2) is 24.3 Å². The van der Waals surface area contributed by atoms with Gasteiger partial charge in [0.25, 0.3) is 0 Å². The normalized spacial score (nSPS) is 25.6. The first-order valence-electron chi connectivity index (χ1n) is 9.43. The summed E-state index contributed by atoms with van der Waals surface area (Å²) in [7, 11) is 1.58. The van der Waals surface area contributed by atoms with Crippen LogP contribution in [-0.4, -0.2) is 48.9 Å². The Kier molecular flexibility index (Phi) is 4.28. The fraction of sp³-hybridized carbons (Fsp3) is 0.524. The second-order valence-electron chi connectivity index (χ2n) is 8.40. The molecule has 28 heavy (non-hydrogen) atoms. The van der Waals surface area contributed by atoms with Gasteiger partial charge in [-0.2, -0.15) is 0 Å². The third-order valence-corrected chi connectivity index (χ3v) is 5.52. The fourth-order valence-corrected chi connectivity index (χ4v) is 4.26. The fourth-order valence-electron chi connectivity index (χ4n) is 4.26. The van der Waals surface area contributed by atoms with E-state index in [9.17, 15) is 9.59 Å². The van der Waals surface area contributed by atoms with E-state index in [-0.39, 0.29) is 25.0 Å². The highest BCUT2D eigenvalue weighted by atomic mass is 16.7. The molecule has 0 aromatic heterocycles. The molecule has 2 aliphatic heterocycles. The van der Waals surface area contributed by atoms with Crippen LogP contribution >= 0.6 is 0 Å². The number of benzene rings is 1. The largest absolute Gasteiger partial charge is 0.493 e. The van der Waals surface area contributed by atoms with Gasteiger partial charge in [-0.25, -0.2) is 4.79 Å². The Morgan fingerprint density at radius 1 is 1.29 bits per heavy atom. The molecule has 0 radical (unpaired) electrons. The predicted octanol–water partition coefficient (Wildman–Crippen LogP) is 3.20. The summed E-state index contributed by atoms with van der Waals surface area (Å²) in [5, 5.41) is 0. The summed E-state index contributed by atoms with van der Waals surface area (Å²) >= 11 is 0. The Hall–Kier alpha value is -2.70. The van der Waals surface area contributed by atoms with Gasteiger partial charge in [0.2, 0.25) is 12.5 Å². The number of carbonyl (C=O) groups excluding carboxylic acids is 2. The molecule has 7 heteroatoms. The minimum absolute atomic E-state index is 0.00351. The number of amides is 1. The van der Waals surface area contributed by atoms with E-state index in [1.165, 1.54) is 0 Å². The van der Waals surface area contributed by atoms with Gasteiger partial charge in [0.1, 0.15) is 5.60 Å². The molecule has 150 valence electrons. The first kappa shape index (κ1) is 18.7. The number of hydrogen-bond acceptors (Lipinski definition) is 6. The molecule has 2 heterocycles. The van der Waals surface area contributed by atoms with Crippen molar-refractivity contribution in [3.63, 3.8) is 0 Å². The Labute approximate surface area is 164 Å². The molecule has 1 aromatic carbocycles. The van der Waals surface area contributed by atoms with E-state index in [0.29, 0.717) is 30.2 Å². The molecule has 1 saturated heterocycles. The van der Waals surface area contributed by atoms with Gasteiger partial charge in [-0.05, 0) is 51.0 Å². The Morgan fingerprint density at radius 2 is 2.07 bits per heavy atom. The standard InChI is InChI=1S/C21H25NO6/c1-20(2,3)28-19(24)22-8-7-21(6-5-14(23)11-17(21)22)13-9-15(25-4)18-16(10-13)26-12-27-18/h5-6,9-10,17H,7-8,11-12H2,1-4H3/t17-,21-/m1/s1. The number of fused-ring (bicyclic) bond motifs is 2. The van der Waals surface area contributed by atoms with Gasteiger partial charge in [0, 0.05) is 18.4 Å². The van der Waals surface area contributed by atoms with Crippen LogP contribution in [0, 0.1) is 0 Å². The summed E-state index contributed by atoms with van der Waals surface area (Å²) in [6.45, 7) is 6.16. The topological polar surface area (TPSA) is 74.3 Å². The number of ether oxygens (including phenoxy) is 4. The Balaban J connectivity index is 1.76. The number of likely N-dealkylation sites (tertiary alicyclic amines) is 1. The van der Waals surface area contributed by atoms with E-state index in [0.717, 1.165) is 5.56 Å². The summed E-state index contributed by atoms with van der Waals surface area (Å²) in [5.74, 6) is 1.78. The predicted molar refractivity (Wildman–Crippen MR) is 101 cm³/mol. The van der Waals surface area contributed by atoms with Gasteiger partial charge in [0.05, 0.1) is 13.2 Å². The van der Waals surface area contributed by atoms with Crippen molar-refractivity contribution in [1.29, 1.82) is 0 Å². The molecular weight excluding hydrogens is 362 g/mol. The molecule has 1 aliphatic carbocycles. The highest BCUT2D eigenvalue weighted by Gasteiger charge is 2.52. The van der Waals surface area contributed by atoms with Gasteiger partial charge in [-0.1, -0.05) is 6.08 Å². The summed E-state index contributed by atoms with van der Waals surface area (Å²) in [6.07, 6.45) is 4.09. The molecule has 0 bridgehead atoms. The molecule has 1 amide bonds. The number of nitrogens with zero attached hydrogens (tertiary/aromatic N) is 1. The molecule has 4 rings (SSSR count). The third-order valence-electron chi connectivity index (χ3n) is 5.52. The first-order chi connectivity index (χ1) is 13.2. The van der Waals surface area contributed by atoms with Crippen LogP contribution in [0.3, 0.4) is 0 Å². The zero-order valence-corrected chi connectivity index (χ0v) is 16.6. The zero-order valence-electron chi connectivity index (χ0n) is 16.6. The minimum Gasteiger partial charge on any atom is -0.493 e. The number of hydrogen-bond donors (Lipinski definition) is 0. The molecule has 0 spiro atoms. The van der Waals surface area contributed by atoms with Crippen LogP contribution < -0.4 is 14.2 Å². The quantitative estimate of drug-likeness (QED) is 0.776. The Bertz CT molecular complexity index is 855. The number of ketones is 1. The smallest absolute Gasteiger partial charge is 0.410 e. The highest BCUT2D eigenvalue weighted by Crippen LogP contribution is 2.50. The molecule has 1 fully saturated rings. The lowest BCUT2D eigenvalue weighted by molar-refractivity contribution is -0.116. The lowest BCUT2D eigenvalue weighted by Gasteiger charge is -2.38.